The smallest absolute Gasteiger partial charge is 0.480 e. The predicted molar refractivity (Wildman–Crippen MR) is 65.5 cm³/mol. The molecule has 0 spiro atoms. The van der Waals surface area contributed by atoms with Crippen LogP contribution in [0.1, 0.15) is 0 Å². The molecule has 0 bridgehead atoms. The monoisotopic (exact) mass is 356 g/mol. The molecule has 0 atom stereocenters. The Hall–Kier alpha value is -1.97. The van der Waals surface area contributed by atoms with E-state index in [1.165, 1.54) is 12.1 Å². The highest BCUT2D eigenvalue weighted by molar-refractivity contribution is 9.10. The molecule has 110 valence electrons. The maximum atomic E-state index is 12.2. The second-order valence-electron chi connectivity index (χ2n) is 3.39. The van der Waals surface area contributed by atoms with Crippen molar-refractivity contribution in [1.82, 2.24) is 5.32 Å². The van der Waals surface area contributed by atoms with Crippen molar-refractivity contribution in [2.24, 2.45) is 0 Å². The fourth-order valence-corrected chi connectivity index (χ4v) is 1.47. The lowest BCUT2D eigenvalue weighted by molar-refractivity contribution is -0.274. The Morgan fingerprint density at radius 2 is 2.00 bits per heavy atom. The summed E-state index contributed by atoms with van der Waals surface area (Å²) in [6.45, 7) is -0.669. The SMILES string of the molecule is O=C(O)CNC(=O)Nc1ccc(Br)cc1OC(F)(F)F. The van der Waals surface area contributed by atoms with Gasteiger partial charge in [0.05, 0.1) is 5.69 Å². The first kappa shape index (κ1) is 16.1. The van der Waals surface area contributed by atoms with Crippen molar-refractivity contribution in [2.45, 2.75) is 6.36 Å². The summed E-state index contributed by atoms with van der Waals surface area (Å²) in [5.74, 6) is -1.92. The summed E-state index contributed by atoms with van der Waals surface area (Å²) < 4.78 is 40.7. The number of aliphatic carboxylic acids is 1. The van der Waals surface area contributed by atoms with Gasteiger partial charge in [-0.05, 0) is 18.2 Å². The van der Waals surface area contributed by atoms with E-state index in [1.54, 1.807) is 0 Å². The normalized spacial score (nSPS) is 10.8. The molecule has 0 aliphatic carbocycles. The number of carboxylic acids is 1. The third kappa shape index (κ3) is 5.78. The number of ether oxygens (including phenoxy) is 1. The van der Waals surface area contributed by atoms with Crippen LogP contribution in [0.4, 0.5) is 23.7 Å². The van der Waals surface area contributed by atoms with Crippen LogP contribution in [0.2, 0.25) is 0 Å². The number of hydrogen-bond donors (Lipinski definition) is 3. The Morgan fingerprint density at radius 3 is 2.55 bits per heavy atom. The Morgan fingerprint density at radius 1 is 1.35 bits per heavy atom. The van der Waals surface area contributed by atoms with Crippen molar-refractivity contribution in [3.8, 4) is 5.75 Å². The third-order valence-corrected chi connectivity index (χ3v) is 2.31. The van der Waals surface area contributed by atoms with Gasteiger partial charge in [-0.15, -0.1) is 13.2 Å². The number of rotatable bonds is 4. The Kier molecular flexibility index (Phi) is 5.19. The van der Waals surface area contributed by atoms with Gasteiger partial charge in [-0.1, -0.05) is 15.9 Å². The maximum absolute atomic E-state index is 12.2. The van der Waals surface area contributed by atoms with Crippen molar-refractivity contribution in [3.05, 3.63) is 22.7 Å². The van der Waals surface area contributed by atoms with Gasteiger partial charge in [-0.3, -0.25) is 4.79 Å². The molecule has 2 amide bonds. The lowest BCUT2D eigenvalue weighted by Crippen LogP contribution is -2.33. The van der Waals surface area contributed by atoms with Crippen LogP contribution in [0, 0.1) is 0 Å². The van der Waals surface area contributed by atoms with Crippen molar-refractivity contribution in [2.75, 3.05) is 11.9 Å². The molecule has 0 aromatic heterocycles. The summed E-state index contributed by atoms with van der Waals surface area (Å²) in [6, 6.07) is 2.60. The minimum Gasteiger partial charge on any atom is -0.480 e. The van der Waals surface area contributed by atoms with E-state index in [-0.39, 0.29) is 5.69 Å². The van der Waals surface area contributed by atoms with Crippen LogP contribution in [-0.2, 0) is 4.79 Å². The van der Waals surface area contributed by atoms with E-state index in [0.29, 0.717) is 4.47 Å². The Bertz CT molecular complexity index is 522. The highest BCUT2D eigenvalue weighted by Crippen LogP contribution is 2.32. The molecule has 1 rings (SSSR count). The molecule has 0 heterocycles. The average molecular weight is 357 g/mol. The average Bonchev–Trinajstić information content (AvgIpc) is 2.28. The standard InChI is InChI=1S/C10H8BrF3N2O4/c11-5-1-2-6(7(3-5)20-10(12,13)14)16-9(19)15-4-8(17)18/h1-3H,4H2,(H,17,18)(H2,15,16,19). The Labute approximate surface area is 119 Å². The van der Waals surface area contributed by atoms with Gasteiger partial charge in [0.1, 0.15) is 6.54 Å². The Balaban J connectivity index is 2.83. The largest absolute Gasteiger partial charge is 0.573 e. The third-order valence-electron chi connectivity index (χ3n) is 1.82. The van der Waals surface area contributed by atoms with E-state index < -0.39 is 30.7 Å². The molecule has 20 heavy (non-hydrogen) atoms. The molecule has 1 aromatic rings. The molecular formula is C10H8BrF3N2O4. The van der Waals surface area contributed by atoms with Gasteiger partial charge >= 0.3 is 18.4 Å². The minimum absolute atomic E-state index is 0.256. The van der Waals surface area contributed by atoms with Gasteiger partial charge in [-0.2, -0.15) is 0 Å². The van der Waals surface area contributed by atoms with Crippen LogP contribution in [-0.4, -0.2) is 30.0 Å². The second-order valence-corrected chi connectivity index (χ2v) is 4.31. The summed E-state index contributed by atoms with van der Waals surface area (Å²) in [4.78, 5) is 21.5. The fourth-order valence-electron chi connectivity index (χ4n) is 1.13. The zero-order valence-electron chi connectivity index (χ0n) is 9.62. The maximum Gasteiger partial charge on any atom is 0.573 e. The number of alkyl halides is 3. The molecule has 10 heteroatoms. The van der Waals surface area contributed by atoms with Gasteiger partial charge in [0.2, 0.25) is 0 Å². The number of hydrogen-bond acceptors (Lipinski definition) is 3. The molecule has 0 fully saturated rings. The first-order valence-electron chi connectivity index (χ1n) is 4.99. The lowest BCUT2D eigenvalue weighted by atomic mass is 10.3. The van der Waals surface area contributed by atoms with Gasteiger partial charge in [0, 0.05) is 4.47 Å². The molecule has 0 unspecified atom stereocenters. The summed E-state index contributed by atoms with van der Waals surface area (Å²) >= 11 is 2.97. The summed E-state index contributed by atoms with van der Waals surface area (Å²) in [5.41, 5.74) is -0.256. The predicted octanol–water partition coefficient (Wildman–Crippen LogP) is 2.55. The number of benzene rings is 1. The topological polar surface area (TPSA) is 87.7 Å². The number of anilines is 1. The van der Waals surface area contributed by atoms with Crippen LogP contribution in [0.15, 0.2) is 22.7 Å². The summed E-state index contributed by atoms with van der Waals surface area (Å²) in [6.07, 6.45) is -4.92. The number of urea groups is 1. The summed E-state index contributed by atoms with van der Waals surface area (Å²) in [7, 11) is 0. The number of halogens is 4. The molecule has 1 aromatic carbocycles. The van der Waals surface area contributed by atoms with Gasteiger partial charge < -0.3 is 20.5 Å². The zero-order chi connectivity index (χ0) is 15.3. The fraction of sp³-hybridized carbons (Fsp3) is 0.200. The van der Waals surface area contributed by atoms with Crippen LogP contribution < -0.4 is 15.4 Å². The number of nitrogens with one attached hydrogen (secondary N) is 2. The highest BCUT2D eigenvalue weighted by atomic mass is 79.9. The van der Waals surface area contributed by atoms with Crippen LogP contribution >= 0.6 is 15.9 Å². The van der Waals surface area contributed by atoms with E-state index in [9.17, 15) is 22.8 Å². The van der Waals surface area contributed by atoms with Crippen molar-refractivity contribution in [3.63, 3.8) is 0 Å². The van der Waals surface area contributed by atoms with Gasteiger partial charge in [0.15, 0.2) is 5.75 Å². The molecule has 0 aliphatic heterocycles. The highest BCUT2D eigenvalue weighted by Gasteiger charge is 2.32. The zero-order valence-corrected chi connectivity index (χ0v) is 11.2. The number of carbonyl (C=O) groups excluding carboxylic acids is 1. The molecule has 0 radical (unpaired) electrons. The molecule has 0 aliphatic rings. The van der Waals surface area contributed by atoms with Crippen LogP contribution in [0.25, 0.3) is 0 Å². The summed E-state index contributed by atoms with van der Waals surface area (Å²) in [5, 5.41) is 12.3. The van der Waals surface area contributed by atoms with Gasteiger partial charge in [-0.25, -0.2) is 4.79 Å². The molecular weight excluding hydrogens is 349 g/mol. The molecule has 3 N–H and O–H groups in total. The molecule has 0 saturated carbocycles. The first-order valence-corrected chi connectivity index (χ1v) is 5.78. The van der Waals surface area contributed by atoms with Gasteiger partial charge in [0.25, 0.3) is 0 Å². The first-order chi connectivity index (χ1) is 9.17. The van der Waals surface area contributed by atoms with Crippen molar-refractivity contribution < 1.29 is 32.6 Å². The van der Waals surface area contributed by atoms with Crippen LogP contribution in [0.3, 0.4) is 0 Å². The lowest BCUT2D eigenvalue weighted by Gasteiger charge is -2.14. The second kappa shape index (κ2) is 6.46. The molecule has 6 nitrogen and oxygen atoms in total. The van der Waals surface area contributed by atoms with E-state index in [4.69, 9.17) is 5.11 Å². The van der Waals surface area contributed by atoms with E-state index in [0.717, 1.165) is 6.07 Å². The quantitative estimate of drug-likeness (QED) is 0.773. The number of carbonyl (C=O) groups is 2. The number of carboxylic acid groups (broad SMARTS) is 1. The number of amides is 2. The van der Waals surface area contributed by atoms with Crippen LogP contribution in [0.5, 0.6) is 5.75 Å². The minimum atomic E-state index is -4.92. The van der Waals surface area contributed by atoms with Crippen molar-refractivity contribution >= 4 is 33.6 Å². The van der Waals surface area contributed by atoms with E-state index in [2.05, 4.69) is 26.0 Å². The molecule has 0 saturated heterocycles. The van der Waals surface area contributed by atoms with Crippen molar-refractivity contribution in [1.29, 1.82) is 0 Å². The van der Waals surface area contributed by atoms with E-state index in [1.807, 2.05) is 5.32 Å². The van der Waals surface area contributed by atoms with E-state index >= 15 is 0 Å².